The highest BCUT2D eigenvalue weighted by Gasteiger charge is 2.40. The van der Waals surface area contributed by atoms with E-state index in [0.717, 1.165) is 11.1 Å². The minimum Gasteiger partial charge on any atom is -0.492 e. The average Bonchev–Trinajstić information content (AvgIpc) is 3.01. The fraction of sp³-hybridized carbons (Fsp3) is 0.185. The first-order chi connectivity index (χ1) is 15.9. The summed E-state index contributed by atoms with van der Waals surface area (Å²) in [6, 6.07) is 18.8. The van der Waals surface area contributed by atoms with Crippen molar-refractivity contribution in [1.29, 1.82) is 0 Å². The van der Waals surface area contributed by atoms with Gasteiger partial charge in [-0.15, -0.1) is 0 Å². The average molecular weight is 445 g/mol. The predicted molar refractivity (Wildman–Crippen MR) is 126 cm³/mol. The lowest BCUT2D eigenvalue weighted by Crippen LogP contribution is -2.32. The van der Waals surface area contributed by atoms with Crippen LogP contribution in [0.15, 0.2) is 72.4 Å². The summed E-state index contributed by atoms with van der Waals surface area (Å²) in [4.78, 5) is 28.2. The summed E-state index contributed by atoms with van der Waals surface area (Å²) < 4.78 is 19.0. The number of carbonyl (C=O) groups excluding carboxylic acids is 2. The SMILES string of the molecule is CCOc1ccccc1NC1=C(c2ccc(C)cc2C)C(=O)N(Cc2ccc(F)cc2)C1=O. The zero-order valence-corrected chi connectivity index (χ0v) is 18.8. The van der Waals surface area contributed by atoms with E-state index in [-0.39, 0.29) is 18.1 Å². The molecule has 0 saturated heterocycles. The van der Waals surface area contributed by atoms with Crippen LogP contribution >= 0.6 is 0 Å². The second kappa shape index (κ2) is 9.28. The third kappa shape index (κ3) is 4.51. The summed E-state index contributed by atoms with van der Waals surface area (Å²) >= 11 is 0. The van der Waals surface area contributed by atoms with Gasteiger partial charge in [0.2, 0.25) is 0 Å². The minimum absolute atomic E-state index is 0.0463. The second-order valence-corrected chi connectivity index (χ2v) is 7.95. The lowest BCUT2D eigenvalue weighted by molar-refractivity contribution is -0.137. The van der Waals surface area contributed by atoms with Gasteiger partial charge in [-0.25, -0.2) is 4.39 Å². The Morgan fingerprint density at radius 2 is 1.67 bits per heavy atom. The van der Waals surface area contributed by atoms with Gasteiger partial charge in [-0.1, -0.05) is 48.0 Å². The van der Waals surface area contributed by atoms with Crippen molar-refractivity contribution in [1.82, 2.24) is 4.90 Å². The molecule has 0 aromatic heterocycles. The van der Waals surface area contributed by atoms with Crippen LogP contribution in [-0.4, -0.2) is 23.3 Å². The van der Waals surface area contributed by atoms with Crippen LogP contribution in [-0.2, 0) is 16.1 Å². The standard InChI is InChI=1S/C27H25FN2O3/c1-4-33-23-8-6-5-7-22(23)29-25-24(21-14-9-17(2)15-18(21)3)26(31)30(27(25)32)16-19-10-12-20(28)13-11-19/h5-15,29H,4,16H2,1-3H3. The topological polar surface area (TPSA) is 58.6 Å². The van der Waals surface area contributed by atoms with Crippen LogP contribution in [0.5, 0.6) is 5.75 Å². The maximum atomic E-state index is 13.5. The number of para-hydroxylation sites is 2. The van der Waals surface area contributed by atoms with E-state index >= 15 is 0 Å². The van der Waals surface area contributed by atoms with Gasteiger partial charge in [0.1, 0.15) is 17.3 Å². The highest BCUT2D eigenvalue weighted by atomic mass is 19.1. The molecule has 0 saturated carbocycles. The molecular formula is C27H25FN2O3. The lowest BCUT2D eigenvalue weighted by Gasteiger charge is -2.16. The molecule has 2 amide bonds. The Balaban J connectivity index is 1.78. The molecule has 4 rings (SSSR count). The molecule has 3 aromatic rings. The number of ether oxygens (including phenoxy) is 1. The molecule has 6 heteroatoms. The number of hydrogen-bond donors (Lipinski definition) is 1. The summed E-state index contributed by atoms with van der Waals surface area (Å²) in [7, 11) is 0. The number of carbonyl (C=O) groups is 2. The molecule has 1 N–H and O–H groups in total. The molecule has 0 radical (unpaired) electrons. The van der Waals surface area contributed by atoms with Gasteiger partial charge >= 0.3 is 0 Å². The minimum atomic E-state index is -0.439. The van der Waals surface area contributed by atoms with Crippen molar-refractivity contribution in [3.05, 3.63) is 100 Å². The first kappa shape index (κ1) is 22.3. The van der Waals surface area contributed by atoms with Crippen molar-refractivity contribution in [2.45, 2.75) is 27.3 Å². The molecule has 168 valence electrons. The van der Waals surface area contributed by atoms with Gasteiger partial charge in [-0.05, 0) is 61.7 Å². The van der Waals surface area contributed by atoms with Gasteiger partial charge in [-0.3, -0.25) is 14.5 Å². The van der Waals surface area contributed by atoms with E-state index in [9.17, 15) is 14.0 Å². The smallest absolute Gasteiger partial charge is 0.278 e. The van der Waals surface area contributed by atoms with Crippen LogP contribution in [0, 0.1) is 19.7 Å². The van der Waals surface area contributed by atoms with Crippen molar-refractivity contribution in [3.8, 4) is 5.75 Å². The second-order valence-electron chi connectivity index (χ2n) is 7.95. The predicted octanol–water partition coefficient (Wildman–Crippen LogP) is 5.23. The van der Waals surface area contributed by atoms with E-state index in [1.807, 2.05) is 51.1 Å². The van der Waals surface area contributed by atoms with Crippen LogP contribution in [0.3, 0.4) is 0 Å². The zero-order valence-electron chi connectivity index (χ0n) is 18.8. The number of hydrogen-bond acceptors (Lipinski definition) is 4. The van der Waals surface area contributed by atoms with Crippen LogP contribution < -0.4 is 10.1 Å². The van der Waals surface area contributed by atoms with E-state index in [1.165, 1.54) is 17.0 Å². The van der Waals surface area contributed by atoms with Gasteiger partial charge in [0.05, 0.1) is 24.4 Å². The number of amides is 2. The van der Waals surface area contributed by atoms with Crippen LogP contribution in [0.2, 0.25) is 0 Å². The molecule has 1 aliphatic rings. The monoisotopic (exact) mass is 444 g/mol. The fourth-order valence-electron chi connectivity index (χ4n) is 3.94. The zero-order chi connectivity index (χ0) is 23.5. The number of anilines is 1. The number of nitrogens with one attached hydrogen (secondary N) is 1. The highest BCUT2D eigenvalue weighted by molar-refractivity contribution is 6.36. The Morgan fingerprint density at radius 1 is 0.939 bits per heavy atom. The number of rotatable bonds is 7. The van der Waals surface area contributed by atoms with E-state index < -0.39 is 11.8 Å². The van der Waals surface area contributed by atoms with Crippen LogP contribution in [0.1, 0.15) is 29.2 Å². The molecule has 1 heterocycles. The van der Waals surface area contributed by atoms with Crippen molar-refractivity contribution < 1.29 is 18.7 Å². The maximum Gasteiger partial charge on any atom is 0.278 e. The lowest BCUT2D eigenvalue weighted by atomic mass is 9.97. The fourth-order valence-corrected chi connectivity index (χ4v) is 3.94. The molecule has 0 atom stereocenters. The van der Waals surface area contributed by atoms with E-state index in [1.54, 1.807) is 24.3 Å². The van der Waals surface area contributed by atoms with Crippen molar-refractivity contribution in [3.63, 3.8) is 0 Å². The van der Waals surface area contributed by atoms with Gasteiger partial charge < -0.3 is 10.1 Å². The molecule has 5 nitrogen and oxygen atoms in total. The molecule has 0 bridgehead atoms. The number of halogens is 1. The Morgan fingerprint density at radius 3 is 2.36 bits per heavy atom. The van der Waals surface area contributed by atoms with Crippen molar-refractivity contribution in [2.75, 3.05) is 11.9 Å². The van der Waals surface area contributed by atoms with Crippen LogP contribution in [0.4, 0.5) is 10.1 Å². The summed E-state index contributed by atoms with van der Waals surface area (Å²) in [6.07, 6.45) is 0. The number of nitrogens with zero attached hydrogens (tertiary/aromatic N) is 1. The molecular weight excluding hydrogens is 419 g/mol. The quantitative estimate of drug-likeness (QED) is 0.507. The molecule has 0 unspecified atom stereocenters. The summed E-state index contributed by atoms with van der Waals surface area (Å²) in [5.41, 5.74) is 4.42. The van der Waals surface area contributed by atoms with Gasteiger partial charge in [0.15, 0.2) is 0 Å². The Hall–Kier alpha value is -3.93. The van der Waals surface area contributed by atoms with E-state index in [2.05, 4.69) is 5.32 Å². The first-order valence-electron chi connectivity index (χ1n) is 10.8. The number of benzene rings is 3. The molecule has 1 aliphatic heterocycles. The summed E-state index contributed by atoms with van der Waals surface area (Å²) in [5.74, 6) is -0.621. The van der Waals surface area contributed by atoms with Crippen molar-refractivity contribution >= 4 is 23.1 Å². The Kier molecular flexibility index (Phi) is 6.27. The highest BCUT2D eigenvalue weighted by Crippen LogP contribution is 2.35. The van der Waals surface area contributed by atoms with Crippen LogP contribution in [0.25, 0.3) is 5.57 Å². The largest absolute Gasteiger partial charge is 0.492 e. The van der Waals surface area contributed by atoms with E-state index in [4.69, 9.17) is 4.74 Å². The van der Waals surface area contributed by atoms with E-state index in [0.29, 0.717) is 34.7 Å². The van der Waals surface area contributed by atoms with Gasteiger partial charge in [0, 0.05) is 0 Å². The van der Waals surface area contributed by atoms with Gasteiger partial charge in [-0.2, -0.15) is 0 Å². The molecule has 0 spiro atoms. The molecule has 0 aliphatic carbocycles. The van der Waals surface area contributed by atoms with Gasteiger partial charge in [0.25, 0.3) is 11.8 Å². The first-order valence-corrected chi connectivity index (χ1v) is 10.8. The normalized spacial score (nSPS) is 13.6. The molecule has 33 heavy (non-hydrogen) atoms. The Labute approximate surface area is 192 Å². The summed E-state index contributed by atoms with van der Waals surface area (Å²) in [6.45, 7) is 6.29. The third-order valence-electron chi connectivity index (χ3n) is 5.52. The number of aryl methyl sites for hydroxylation is 2. The molecule has 0 fully saturated rings. The summed E-state index contributed by atoms with van der Waals surface area (Å²) in [5, 5.41) is 3.17. The maximum absolute atomic E-state index is 13.5. The van der Waals surface area contributed by atoms with Crippen molar-refractivity contribution in [2.24, 2.45) is 0 Å². The Bertz CT molecular complexity index is 1250. The third-order valence-corrected chi connectivity index (χ3v) is 5.52. The molecule has 3 aromatic carbocycles. The number of imide groups is 1.